The molecule has 0 bridgehead atoms. The summed E-state index contributed by atoms with van der Waals surface area (Å²) in [5.74, 6) is -1.55. The van der Waals surface area contributed by atoms with Crippen molar-refractivity contribution in [3.8, 4) is 0 Å². The van der Waals surface area contributed by atoms with Gasteiger partial charge < -0.3 is 27.4 Å². The summed E-state index contributed by atoms with van der Waals surface area (Å²) < 4.78 is 0. The molecule has 0 aliphatic carbocycles. The van der Waals surface area contributed by atoms with Gasteiger partial charge in [-0.3, -0.25) is 9.59 Å². The molecule has 0 saturated heterocycles. The lowest BCUT2D eigenvalue weighted by Crippen LogP contribution is -2.45. The van der Waals surface area contributed by atoms with Crippen LogP contribution in [0.1, 0.15) is 53.4 Å². The fourth-order valence-corrected chi connectivity index (χ4v) is 1.68. The molecule has 0 fully saturated rings. The monoisotopic (exact) mass is 305 g/mol. The SMILES string of the molecule is CC(C)C[C@](C)(N)C(=O)O.C[C@](N)(CCCCN)C(=O)O. The van der Waals surface area contributed by atoms with E-state index in [1.807, 2.05) is 13.8 Å². The van der Waals surface area contributed by atoms with Crippen molar-refractivity contribution in [3.63, 3.8) is 0 Å². The van der Waals surface area contributed by atoms with E-state index in [-0.39, 0.29) is 0 Å². The van der Waals surface area contributed by atoms with Crippen LogP contribution in [0.15, 0.2) is 0 Å². The first-order chi connectivity index (χ1) is 9.36. The molecule has 0 rings (SSSR count). The van der Waals surface area contributed by atoms with Crippen LogP contribution >= 0.6 is 0 Å². The molecule has 21 heavy (non-hydrogen) atoms. The zero-order chi connectivity index (χ0) is 17.3. The third-order valence-corrected chi connectivity index (χ3v) is 2.96. The van der Waals surface area contributed by atoms with Gasteiger partial charge in [0.25, 0.3) is 0 Å². The van der Waals surface area contributed by atoms with Gasteiger partial charge in [-0.2, -0.15) is 0 Å². The van der Waals surface area contributed by atoms with Crippen molar-refractivity contribution in [3.05, 3.63) is 0 Å². The molecule has 0 radical (unpaired) electrons. The van der Waals surface area contributed by atoms with Gasteiger partial charge in [-0.25, -0.2) is 0 Å². The van der Waals surface area contributed by atoms with E-state index < -0.39 is 23.0 Å². The molecule has 7 heteroatoms. The van der Waals surface area contributed by atoms with Gasteiger partial charge in [-0.05, 0) is 52.0 Å². The first-order valence-electron chi connectivity index (χ1n) is 7.11. The van der Waals surface area contributed by atoms with Crippen molar-refractivity contribution in [2.24, 2.45) is 23.1 Å². The summed E-state index contributed by atoms with van der Waals surface area (Å²) in [7, 11) is 0. The van der Waals surface area contributed by atoms with Crippen molar-refractivity contribution in [2.45, 2.75) is 64.5 Å². The molecule has 8 N–H and O–H groups in total. The molecule has 0 aromatic heterocycles. The fraction of sp³-hybridized carbons (Fsp3) is 0.857. The number of nitrogens with two attached hydrogens (primary N) is 3. The largest absolute Gasteiger partial charge is 0.480 e. The predicted molar refractivity (Wildman–Crippen MR) is 82.8 cm³/mol. The Bertz CT molecular complexity index is 328. The third kappa shape index (κ3) is 11.2. The maximum Gasteiger partial charge on any atom is 0.323 e. The van der Waals surface area contributed by atoms with Crippen LogP contribution in [-0.4, -0.2) is 39.8 Å². The molecular weight excluding hydrogens is 274 g/mol. The van der Waals surface area contributed by atoms with Gasteiger partial charge in [-0.15, -0.1) is 0 Å². The number of hydrogen-bond acceptors (Lipinski definition) is 5. The number of rotatable bonds is 8. The van der Waals surface area contributed by atoms with Crippen LogP contribution in [0.5, 0.6) is 0 Å². The van der Waals surface area contributed by atoms with Crippen LogP contribution in [0.2, 0.25) is 0 Å². The smallest absolute Gasteiger partial charge is 0.323 e. The maximum atomic E-state index is 10.5. The molecule has 0 aromatic rings. The lowest BCUT2D eigenvalue weighted by atomic mass is 9.92. The van der Waals surface area contributed by atoms with E-state index in [9.17, 15) is 9.59 Å². The Balaban J connectivity index is 0. The number of carboxylic acid groups (broad SMARTS) is 2. The quantitative estimate of drug-likeness (QED) is 0.415. The van der Waals surface area contributed by atoms with E-state index in [1.54, 1.807) is 0 Å². The minimum atomic E-state index is -1.09. The molecular formula is C14H31N3O4. The van der Waals surface area contributed by atoms with E-state index in [0.29, 0.717) is 25.3 Å². The summed E-state index contributed by atoms with van der Waals surface area (Å²) in [5.41, 5.74) is 14.0. The topological polar surface area (TPSA) is 153 Å². The van der Waals surface area contributed by atoms with Gasteiger partial charge in [0.2, 0.25) is 0 Å². The van der Waals surface area contributed by atoms with Crippen LogP contribution in [0, 0.1) is 5.92 Å². The van der Waals surface area contributed by atoms with E-state index in [2.05, 4.69) is 0 Å². The average Bonchev–Trinajstić information content (AvgIpc) is 2.27. The lowest BCUT2D eigenvalue weighted by molar-refractivity contribution is -0.144. The molecule has 0 spiro atoms. The van der Waals surface area contributed by atoms with E-state index in [1.165, 1.54) is 13.8 Å². The zero-order valence-corrected chi connectivity index (χ0v) is 13.6. The summed E-state index contributed by atoms with van der Waals surface area (Å²) >= 11 is 0. The van der Waals surface area contributed by atoms with Crippen LogP contribution in [0.4, 0.5) is 0 Å². The minimum Gasteiger partial charge on any atom is -0.480 e. The van der Waals surface area contributed by atoms with Crippen molar-refractivity contribution in [2.75, 3.05) is 6.54 Å². The predicted octanol–water partition coefficient (Wildman–Crippen LogP) is 0.752. The fourth-order valence-electron chi connectivity index (χ4n) is 1.68. The van der Waals surface area contributed by atoms with Gasteiger partial charge in [0.05, 0.1) is 0 Å². The highest BCUT2D eigenvalue weighted by molar-refractivity contribution is 5.78. The van der Waals surface area contributed by atoms with Crippen LogP contribution in [0.3, 0.4) is 0 Å². The number of aliphatic carboxylic acids is 2. The van der Waals surface area contributed by atoms with Crippen molar-refractivity contribution in [1.29, 1.82) is 0 Å². The summed E-state index contributed by atoms with van der Waals surface area (Å²) in [4.78, 5) is 20.9. The lowest BCUT2D eigenvalue weighted by Gasteiger charge is -2.20. The number of carboxylic acids is 2. The van der Waals surface area contributed by atoms with Crippen LogP contribution in [0.25, 0.3) is 0 Å². The van der Waals surface area contributed by atoms with Gasteiger partial charge >= 0.3 is 11.9 Å². The molecule has 126 valence electrons. The first kappa shape index (κ1) is 22.1. The third-order valence-electron chi connectivity index (χ3n) is 2.96. The highest BCUT2D eigenvalue weighted by Crippen LogP contribution is 2.13. The Morgan fingerprint density at radius 2 is 1.43 bits per heavy atom. The van der Waals surface area contributed by atoms with E-state index >= 15 is 0 Å². The van der Waals surface area contributed by atoms with Crippen molar-refractivity contribution in [1.82, 2.24) is 0 Å². The Morgan fingerprint density at radius 1 is 1.00 bits per heavy atom. The molecule has 0 aliphatic rings. The van der Waals surface area contributed by atoms with Gasteiger partial charge in [-0.1, -0.05) is 13.8 Å². The Kier molecular flexibility index (Phi) is 10.2. The normalized spacial score (nSPS) is 16.4. The summed E-state index contributed by atoms with van der Waals surface area (Å²) in [6.45, 7) is 7.55. The number of unbranched alkanes of at least 4 members (excludes halogenated alkanes) is 1. The molecule has 0 aliphatic heterocycles. The summed E-state index contributed by atoms with van der Waals surface area (Å²) in [6, 6.07) is 0. The van der Waals surface area contributed by atoms with Gasteiger partial charge in [0.15, 0.2) is 0 Å². The standard InChI is InChI=1S/C7H16N2O2.C7H15NO2/c1-7(9,6(10)11)4-2-3-5-8;1-5(2)4-7(3,8)6(9)10/h2-5,8-9H2,1H3,(H,10,11);5H,4,8H2,1-3H3,(H,9,10)/t2*7-/m00/s1. The van der Waals surface area contributed by atoms with Gasteiger partial charge in [0.1, 0.15) is 11.1 Å². The Morgan fingerprint density at radius 3 is 1.67 bits per heavy atom. The van der Waals surface area contributed by atoms with Crippen molar-refractivity contribution < 1.29 is 19.8 Å². The van der Waals surface area contributed by atoms with Crippen molar-refractivity contribution >= 4 is 11.9 Å². The molecule has 0 saturated carbocycles. The summed E-state index contributed by atoms with van der Waals surface area (Å²) in [5, 5.41) is 17.1. The van der Waals surface area contributed by atoms with Crippen LogP contribution < -0.4 is 17.2 Å². The Hall–Kier alpha value is -1.18. The second kappa shape index (κ2) is 9.70. The number of hydrogen-bond donors (Lipinski definition) is 5. The van der Waals surface area contributed by atoms with Gasteiger partial charge in [0, 0.05) is 0 Å². The molecule has 0 amide bonds. The van der Waals surface area contributed by atoms with E-state index in [4.69, 9.17) is 27.4 Å². The second-order valence-corrected chi connectivity index (χ2v) is 6.29. The molecule has 0 unspecified atom stereocenters. The second-order valence-electron chi connectivity index (χ2n) is 6.29. The average molecular weight is 305 g/mol. The highest BCUT2D eigenvalue weighted by atomic mass is 16.4. The molecule has 2 atom stereocenters. The van der Waals surface area contributed by atoms with E-state index in [0.717, 1.165) is 12.8 Å². The summed E-state index contributed by atoms with van der Waals surface area (Å²) in [6.07, 6.45) is 2.61. The minimum absolute atomic E-state index is 0.325. The molecule has 0 heterocycles. The molecule has 0 aromatic carbocycles. The zero-order valence-electron chi connectivity index (χ0n) is 13.6. The molecule has 7 nitrogen and oxygen atoms in total. The maximum absolute atomic E-state index is 10.5. The highest BCUT2D eigenvalue weighted by Gasteiger charge is 2.28. The number of carbonyl (C=O) groups is 2. The van der Waals surface area contributed by atoms with Crippen LogP contribution in [-0.2, 0) is 9.59 Å². The Labute approximate surface area is 126 Å². The first-order valence-corrected chi connectivity index (χ1v) is 7.11.